The molecule has 0 N–H and O–H groups in total. The Bertz CT molecular complexity index is 689. The summed E-state index contributed by atoms with van der Waals surface area (Å²) in [6.45, 7) is 5.81. The van der Waals surface area contributed by atoms with E-state index in [1.807, 2.05) is 6.92 Å². The molecule has 8 unspecified atom stereocenters. The molecule has 1 saturated heterocycles. The number of ether oxygens (including phenoxy) is 3. The Labute approximate surface area is 166 Å². The Hall–Kier alpha value is -1.59. The molecule has 6 heteroatoms. The van der Waals surface area contributed by atoms with E-state index in [9.17, 15) is 14.4 Å². The van der Waals surface area contributed by atoms with Gasteiger partial charge in [-0.15, -0.1) is 0 Å². The molecule has 0 spiro atoms. The minimum atomic E-state index is -0.619. The standard InChI is InChI=1S/C22H32O6/c1-12(23)27-14-5-7-21(2)13(9-14)10-17-19-15(21)6-8-22(3,20(25)26-4)16(19)11-18(24)28-17/h13-17,19H,5-11H2,1-4H3. The number of hydrogen-bond acceptors (Lipinski definition) is 6. The van der Waals surface area contributed by atoms with E-state index in [4.69, 9.17) is 14.2 Å². The van der Waals surface area contributed by atoms with E-state index in [-0.39, 0.29) is 47.4 Å². The quantitative estimate of drug-likeness (QED) is 0.530. The van der Waals surface area contributed by atoms with Crippen LogP contribution in [-0.2, 0) is 28.6 Å². The van der Waals surface area contributed by atoms with Crippen LogP contribution in [0.5, 0.6) is 0 Å². The van der Waals surface area contributed by atoms with Crippen molar-refractivity contribution < 1.29 is 28.6 Å². The average molecular weight is 392 g/mol. The van der Waals surface area contributed by atoms with Crippen LogP contribution in [0.3, 0.4) is 0 Å². The minimum absolute atomic E-state index is 0.0195. The van der Waals surface area contributed by atoms with Crippen LogP contribution in [0.4, 0.5) is 0 Å². The predicted molar refractivity (Wildman–Crippen MR) is 99.9 cm³/mol. The Balaban J connectivity index is 1.65. The van der Waals surface area contributed by atoms with Crippen LogP contribution in [0.25, 0.3) is 0 Å². The van der Waals surface area contributed by atoms with E-state index < -0.39 is 5.41 Å². The zero-order valence-electron chi connectivity index (χ0n) is 17.4. The van der Waals surface area contributed by atoms with Crippen molar-refractivity contribution in [3.63, 3.8) is 0 Å². The minimum Gasteiger partial charge on any atom is -0.469 e. The lowest BCUT2D eigenvalue weighted by molar-refractivity contribution is -0.221. The van der Waals surface area contributed by atoms with Gasteiger partial charge in [0.15, 0.2) is 0 Å². The van der Waals surface area contributed by atoms with Crippen molar-refractivity contribution in [2.24, 2.45) is 34.5 Å². The fourth-order valence-corrected chi connectivity index (χ4v) is 7.21. The summed E-state index contributed by atoms with van der Waals surface area (Å²) in [7, 11) is 1.44. The lowest BCUT2D eigenvalue weighted by atomic mass is 9.43. The molecule has 0 amide bonds. The summed E-state index contributed by atoms with van der Waals surface area (Å²) >= 11 is 0. The first-order valence-electron chi connectivity index (χ1n) is 10.6. The molecule has 3 saturated carbocycles. The first kappa shape index (κ1) is 19.7. The largest absolute Gasteiger partial charge is 0.469 e. The van der Waals surface area contributed by atoms with Crippen LogP contribution in [-0.4, -0.2) is 37.2 Å². The van der Waals surface area contributed by atoms with E-state index in [1.165, 1.54) is 14.0 Å². The van der Waals surface area contributed by atoms with Crippen molar-refractivity contribution in [1.29, 1.82) is 0 Å². The highest BCUT2D eigenvalue weighted by Crippen LogP contribution is 2.65. The summed E-state index contributed by atoms with van der Waals surface area (Å²) in [6, 6.07) is 0. The van der Waals surface area contributed by atoms with Gasteiger partial charge in [0.2, 0.25) is 0 Å². The second-order valence-corrected chi connectivity index (χ2v) is 9.91. The zero-order valence-corrected chi connectivity index (χ0v) is 17.4. The molecule has 0 aromatic carbocycles. The van der Waals surface area contributed by atoms with Gasteiger partial charge in [0.1, 0.15) is 12.2 Å². The topological polar surface area (TPSA) is 78.9 Å². The highest BCUT2D eigenvalue weighted by Gasteiger charge is 2.64. The monoisotopic (exact) mass is 392 g/mol. The van der Waals surface area contributed by atoms with Crippen molar-refractivity contribution in [2.45, 2.75) is 77.9 Å². The van der Waals surface area contributed by atoms with Crippen LogP contribution in [0.1, 0.15) is 65.7 Å². The third-order valence-corrected chi connectivity index (χ3v) is 8.65. The highest BCUT2D eigenvalue weighted by molar-refractivity contribution is 5.79. The van der Waals surface area contributed by atoms with Crippen molar-refractivity contribution in [3.05, 3.63) is 0 Å². The summed E-state index contributed by atoms with van der Waals surface area (Å²) < 4.78 is 16.5. The molecule has 0 aromatic rings. The van der Waals surface area contributed by atoms with Crippen LogP contribution < -0.4 is 0 Å². The molecule has 28 heavy (non-hydrogen) atoms. The summed E-state index contributed by atoms with van der Waals surface area (Å²) in [5.74, 6) is 0.360. The van der Waals surface area contributed by atoms with Gasteiger partial charge >= 0.3 is 17.9 Å². The Morgan fingerprint density at radius 1 is 1.11 bits per heavy atom. The lowest BCUT2D eigenvalue weighted by Crippen LogP contribution is -2.63. The zero-order chi connectivity index (χ0) is 20.3. The molecule has 6 nitrogen and oxygen atoms in total. The van der Waals surface area contributed by atoms with Gasteiger partial charge in [-0.2, -0.15) is 0 Å². The lowest BCUT2D eigenvalue weighted by Gasteiger charge is -2.63. The van der Waals surface area contributed by atoms with Gasteiger partial charge in [0.05, 0.1) is 12.5 Å². The van der Waals surface area contributed by atoms with Gasteiger partial charge in [-0.3, -0.25) is 14.4 Å². The Morgan fingerprint density at radius 3 is 2.54 bits per heavy atom. The molecule has 3 aliphatic carbocycles. The van der Waals surface area contributed by atoms with Crippen molar-refractivity contribution in [2.75, 3.05) is 7.11 Å². The SMILES string of the molecule is COC(=O)C1(C)CCC2C3C(CC4CC(OC(C)=O)CCC42C)OC(=O)CC31. The second-order valence-electron chi connectivity index (χ2n) is 9.91. The first-order valence-corrected chi connectivity index (χ1v) is 10.6. The average Bonchev–Trinajstić information content (AvgIpc) is 2.63. The molecule has 4 rings (SSSR count). The summed E-state index contributed by atoms with van der Waals surface area (Å²) in [5.41, 5.74) is -0.483. The van der Waals surface area contributed by atoms with Gasteiger partial charge in [-0.25, -0.2) is 0 Å². The van der Waals surface area contributed by atoms with Gasteiger partial charge in [-0.05, 0) is 68.6 Å². The fourth-order valence-electron chi connectivity index (χ4n) is 7.21. The van der Waals surface area contributed by atoms with Crippen LogP contribution in [0.15, 0.2) is 0 Å². The molecule has 0 bridgehead atoms. The molecule has 4 aliphatic rings. The molecule has 1 heterocycles. The molecule has 1 aliphatic heterocycles. The van der Waals surface area contributed by atoms with E-state index in [2.05, 4.69) is 6.92 Å². The summed E-state index contributed by atoms with van der Waals surface area (Å²) in [6.07, 6.45) is 5.37. The van der Waals surface area contributed by atoms with Gasteiger partial charge in [-0.1, -0.05) is 6.92 Å². The second kappa shape index (κ2) is 6.74. The number of carbonyl (C=O) groups is 3. The molecule has 0 radical (unpaired) electrons. The third kappa shape index (κ3) is 2.86. The predicted octanol–water partition coefficient (Wildman–Crippen LogP) is 3.27. The molecule has 8 atom stereocenters. The van der Waals surface area contributed by atoms with Gasteiger partial charge in [0.25, 0.3) is 0 Å². The first-order chi connectivity index (χ1) is 13.2. The number of rotatable bonds is 2. The maximum atomic E-state index is 12.7. The van der Waals surface area contributed by atoms with Gasteiger partial charge in [0, 0.05) is 19.3 Å². The van der Waals surface area contributed by atoms with Crippen LogP contribution in [0.2, 0.25) is 0 Å². The van der Waals surface area contributed by atoms with Gasteiger partial charge < -0.3 is 14.2 Å². The molecule has 4 fully saturated rings. The molecule has 0 aromatic heterocycles. The fraction of sp³-hybridized carbons (Fsp3) is 0.864. The third-order valence-electron chi connectivity index (χ3n) is 8.65. The summed E-state index contributed by atoms with van der Waals surface area (Å²) in [5, 5.41) is 0. The number of methoxy groups -OCH3 is 1. The number of hydrogen-bond donors (Lipinski definition) is 0. The maximum Gasteiger partial charge on any atom is 0.311 e. The Kier molecular flexibility index (Phi) is 4.74. The van der Waals surface area contributed by atoms with Crippen molar-refractivity contribution >= 4 is 17.9 Å². The van der Waals surface area contributed by atoms with Crippen molar-refractivity contribution in [1.82, 2.24) is 0 Å². The normalized spacial score (nSPS) is 47.2. The van der Waals surface area contributed by atoms with E-state index >= 15 is 0 Å². The number of fused-ring (bicyclic) bond motifs is 2. The molecular weight excluding hydrogens is 360 g/mol. The molecule has 156 valence electrons. The Morgan fingerprint density at radius 2 is 1.86 bits per heavy atom. The smallest absolute Gasteiger partial charge is 0.311 e. The van der Waals surface area contributed by atoms with Crippen LogP contribution >= 0.6 is 0 Å². The van der Waals surface area contributed by atoms with E-state index in [1.54, 1.807) is 0 Å². The molecular formula is C22H32O6. The van der Waals surface area contributed by atoms with E-state index in [0.717, 1.165) is 38.5 Å². The number of carbonyl (C=O) groups excluding carboxylic acids is 3. The maximum absolute atomic E-state index is 12.7. The highest BCUT2D eigenvalue weighted by atomic mass is 16.6. The van der Waals surface area contributed by atoms with Crippen molar-refractivity contribution in [3.8, 4) is 0 Å². The summed E-state index contributed by atoms with van der Waals surface area (Å²) in [4.78, 5) is 36.5. The number of esters is 3. The van der Waals surface area contributed by atoms with Crippen LogP contribution in [0, 0.1) is 34.5 Å². The van der Waals surface area contributed by atoms with E-state index in [0.29, 0.717) is 18.3 Å².